The molecule has 5 heteroatoms. The van der Waals surface area contributed by atoms with E-state index in [1.807, 2.05) is 35.1 Å². The fourth-order valence-corrected chi connectivity index (χ4v) is 2.90. The highest BCUT2D eigenvalue weighted by Gasteiger charge is 2.30. The van der Waals surface area contributed by atoms with Crippen molar-refractivity contribution in [3.05, 3.63) is 46.2 Å². The number of carboxylic acids is 1. The number of benzene rings is 1. The van der Waals surface area contributed by atoms with Crippen LogP contribution in [-0.2, 0) is 4.79 Å². The smallest absolute Gasteiger partial charge is 0.310 e. The molecule has 1 heterocycles. The van der Waals surface area contributed by atoms with Gasteiger partial charge in [0.2, 0.25) is 0 Å². The molecule has 0 radical (unpaired) electrons. The molecule has 0 spiro atoms. The minimum atomic E-state index is -0.807. The highest BCUT2D eigenvalue weighted by molar-refractivity contribution is 9.10. The van der Waals surface area contributed by atoms with Gasteiger partial charge in [-0.25, -0.2) is 4.68 Å². The Labute approximate surface area is 125 Å². The van der Waals surface area contributed by atoms with Crippen molar-refractivity contribution in [1.29, 1.82) is 0 Å². The molecule has 0 amide bonds. The normalized spacial score (nSPS) is 16.1. The minimum absolute atomic E-state index is 0.490. The van der Waals surface area contributed by atoms with Crippen molar-refractivity contribution in [3.8, 4) is 5.69 Å². The first kappa shape index (κ1) is 13.4. The van der Waals surface area contributed by atoms with Gasteiger partial charge in [0, 0.05) is 5.92 Å². The van der Waals surface area contributed by atoms with Gasteiger partial charge in [-0.3, -0.25) is 4.79 Å². The van der Waals surface area contributed by atoms with Crippen LogP contribution >= 0.6 is 15.9 Å². The first-order valence-corrected chi connectivity index (χ1v) is 7.44. The molecule has 1 atom stereocenters. The van der Waals surface area contributed by atoms with Crippen LogP contribution in [0.25, 0.3) is 5.69 Å². The van der Waals surface area contributed by atoms with Crippen molar-refractivity contribution in [2.24, 2.45) is 0 Å². The Hall–Kier alpha value is -1.62. The molecule has 1 unspecified atom stereocenters. The third kappa shape index (κ3) is 2.38. The molecular weight excluding hydrogens is 320 g/mol. The van der Waals surface area contributed by atoms with E-state index in [4.69, 9.17) is 5.11 Å². The molecule has 2 aromatic rings. The van der Waals surface area contributed by atoms with E-state index in [2.05, 4.69) is 21.0 Å². The Bertz CT molecular complexity index is 644. The van der Waals surface area contributed by atoms with Crippen LogP contribution in [0.15, 0.2) is 34.9 Å². The van der Waals surface area contributed by atoms with E-state index >= 15 is 0 Å². The van der Waals surface area contributed by atoms with Gasteiger partial charge in [0.15, 0.2) is 0 Å². The Morgan fingerprint density at radius 3 is 2.60 bits per heavy atom. The number of hydrogen-bond donors (Lipinski definition) is 1. The Kier molecular flexibility index (Phi) is 3.38. The number of aliphatic carboxylic acids is 1. The van der Waals surface area contributed by atoms with Crippen LogP contribution in [0.2, 0.25) is 0 Å². The predicted molar refractivity (Wildman–Crippen MR) is 79.3 cm³/mol. The van der Waals surface area contributed by atoms with Gasteiger partial charge in [-0.15, -0.1) is 0 Å². The summed E-state index contributed by atoms with van der Waals surface area (Å²) in [5.41, 5.74) is 2.99. The van der Waals surface area contributed by atoms with Crippen LogP contribution in [0.3, 0.4) is 0 Å². The van der Waals surface area contributed by atoms with Crippen LogP contribution in [0.5, 0.6) is 0 Å². The van der Waals surface area contributed by atoms with E-state index in [0.717, 1.165) is 15.7 Å². The fraction of sp³-hybridized carbons (Fsp3) is 0.333. The molecule has 1 aliphatic carbocycles. The summed E-state index contributed by atoms with van der Waals surface area (Å²) in [6, 6.07) is 7.58. The number of aromatic nitrogens is 2. The number of carbonyl (C=O) groups is 1. The number of rotatable bonds is 4. The lowest BCUT2D eigenvalue weighted by atomic mass is 10.0. The highest BCUT2D eigenvalue weighted by atomic mass is 79.9. The Morgan fingerprint density at radius 1 is 1.40 bits per heavy atom. The summed E-state index contributed by atoms with van der Waals surface area (Å²) in [5, 5.41) is 13.4. The molecule has 1 N–H and O–H groups in total. The van der Waals surface area contributed by atoms with Gasteiger partial charge in [-0.05, 0) is 53.4 Å². The molecule has 1 saturated carbocycles. The summed E-state index contributed by atoms with van der Waals surface area (Å²) >= 11 is 3.55. The van der Waals surface area contributed by atoms with Crippen LogP contribution < -0.4 is 0 Å². The van der Waals surface area contributed by atoms with Gasteiger partial charge in [0.1, 0.15) is 0 Å². The van der Waals surface area contributed by atoms with Crippen molar-refractivity contribution in [2.75, 3.05) is 0 Å². The van der Waals surface area contributed by atoms with E-state index in [-0.39, 0.29) is 0 Å². The monoisotopic (exact) mass is 334 g/mol. The molecule has 1 aromatic carbocycles. The zero-order valence-electron chi connectivity index (χ0n) is 11.1. The number of carboxylic acid groups (broad SMARTS) is 1. The summed E-state index contributed by atoms with van der Waals surface area (Å²) in [5.74, 6) is -0.709. The summed E-state index contributed by atoms with van der Waals surface area (Å²) in [6.45, 7) is 1.69. The van der Waals surface area contributed by atoms with Crippen molar-refractivity contribution >= 4 is 21.9 Å². The lowest BCUT2D eigenvalue weighted by Gasteiger charge is -2.10. The van der Waals surface area contributed by atoms with Gasteiger partial charge in [0.05, 0.1) is 28.0 Å². The van der Waals surface area contributed by atoms with E-state index < -0.39 is 11.9 Å². The molecule has 4 nitrogen and oxygen atoms in total. The SMILES string of the molecule is CC(C(=O)O)c1ccc(-n2ncc(Br)c2C2CC2)cc1. The van der Waals surface area contributed by atoms with E-state index in [1.165, 1.54) is 18.5 Å². The molecular formula is C15H15BrN2O2. The zero-order valence-corrected chi connectivity index (χ0v) is 12.7. The molecule has 1 aromatic heterocycles. The lowest BCUT2D eigenvalue weighted by molar-refractivity contribution is -0.138. The molecule has 0 bridgehead atoms. The largest absolute Gasteiger partial charge is 0.481 e. The first-order chi connectivity index (χ1) is 9.58. The molecule has 0 saturated heterocycles. The topological polar surface area (TPSA) is 55.1 Å². The second-order valence-electron chi connectivity index (χ2n) is 5.22. The number of nitrogens with zero attached hydrogens (tertiary/aromatic N) is 2. The second kappa shape index (κ2) is 5.05. The third-order valence-corrected chi connectivity index (χ3v) is 4.34. The van der Waals surface area contributed by atoms with Crippen LogP contribution in [-0.4, -0.2) is 20.9 Å². The zero-order chi connectivity index (χ0) is 14.3. The molecule has 104 valence electrons. The van der Waals surface area contributed by atoms with Gasteiger partial charge in [0.25, 0.3) is 0 Å². The maximum absolute atomic E-state index is 11.0. The lowest BCUT2D eigenvalue weighted by Crippen LogP contribution is -2.08. The van der Waals surface area contributed by atoms with Gasteiger partial charge in [-0.2, -0.15) is 5.10 Å². The Balaban J connectivity index is 1.94. The quantitative estimate of drug-likeness (QED) is 0.927. The van der Waals surface area contributed by atoms with Crippen LogP contribution in [0.1, 0.15) is 42.9 Å². The van der Waals surface area contributed by atoms with Crippen LogP contribution in [0.4, 0.5) is 0 Å². The predicted octanol–water partition coefficient (Wildman–Crippen LogP) is 3.70. The molecule has 1 aliphatic rings. The van der Waals surface area contributed by atoms with Crippen molar-refractivity contribution in [3.63, 3.8) is 0 Å². The summed E-state index contributed by atoms with van der Waals surface area (Å²) < 4.78 is 2.99. The van der Waals surface area contributed by atoms with Crippen molar-refractivity contribution < 1.29 is 9.90 Å². The summed E-state index contributed by atoms with van der Waals surface area (Å²) in [4.78, 5) is 11.0. The average molecular weight is 335 g/mol. The van der Waals surface area contributed by atoms with E-state index in [9.17, 15) is 4.79 Å². The molecule has 3 rings (SSSR count). The Morgan fingerprint density at radius 2 is 2.05 bits per heavy atom. The number of halogens is 1. The highest BCUT2D eigenvalue weighted by Crippen LogP contribution is 2.43. The minimum Gasteiger partial charge on any atom is -0.481 e. The third-order valence-electron chi connectivity index (χ3n) is 3.73. The molecule has 20 heavy (non-hydrogen) atoms. The maximum atomic E-state index is 11.0. The van der Waals surface area contributed by atoms with Crippen molar-refractivity contribution in [1.82, 2.24) is 9.78 Å². The molecule has 0 aliphatic heterocycles. The molecule has 1 fully saturated rings. The number of hydrogen-bond acceptors (Lipinski definition) is 2. The first-order valence-electron chi connectivity index (χ1n) is 6.64. The maximum Gasteiger partial charge on any atom is 0.310 e. The van der Waals surface area contributed by atoms with E-state index in [1.54, 1.807) is 6.92 Å². The van der Waals surface area contributed by atoms with E-state index in [0.29, 0.717) is 5.92 Å². The average Bonchev–Trinajstić information content (AvgIpc) is 3.21. The van der Waals surface area contributed by atoms with Gasteiger partial charge < -0.3 is 5.11 Å². The summed E-state index contributed by atoms with van der Waals surface area (Å²) in [6.07, 6.45) is 4.23. The van der Waals surface area contributed by atoms with Gasteiger partial charge in [-0.1, -0.05) is 12.1 Å². The second-order valence-corrected chi connectivity index (χ2v) is 6.07. The van der Waals surface area contributed by atoms with Gasteiger partial charge >= 0.3 is 5.97 Å². The van der Waals surface area contributed by atoms with Crippen LogP contribution in [0, 0.1) is 0 Å². The standard InChI is InChI=1S/C15H15BrN2O2/c1-9(15(19)20)10-4-6-12(7-5-10)18-14(11-2-3-11)13(16)8-17-18/h4-9,11H,2-3H2,1H3,(H,19,20). The summed E-state index contributed by atoms with van der Waals surface area (Å²) in [7, 11) is 0. The fourth-order valence-electron chi connectivity index (χ4n) is 2.32. The van der Waals surface area contributed by atoms with Crippen molar-refractivity contribution in [2.45, 2.75) is 31.6 Å².